The summed E-state index contributed by atoms with van der Waals surface area (Å²) in [5.74, 6) is 7.07. The van der Waals surface area contributed by atoms with Crippen LogP contribution in [0.3, 0.4) is 0 Å². The van der Waals surface area contributed by atoms with Gasteiger partial charge in [-0.15, -0.1) is 0 Å². The Kier molecular flexibility index (Phi) is 6.07. The molecule has 1 aromatic carbocycles. The molecule has 0 saturated carbocycles. The van der Waals surface area contributed by atoms with Gasteiger partial charge in [-0.25, -0.2) is 0 Å². The molecule has 0 aliphatic carbocycles. The smallest absolute Gasteiger partial charge is 0.0555 e. The normalized spacial score (nSPS) is 11.7. The molecule has 2 heteroatoms. The van der Waals surface area contributed by atoms with E-state index in [-0.39, 0.29) is 0 Å². The van der Waals surface area contributed by atoms with E-state index in [4.69, 9.17) is 5.73 Å². The van der Waals surface area contributed by atoms with Crippen LogP contribution in [-0.4, -0.2) is 11.8 Å². The fraction of sp³-hybridized carbons (Fsp3) is 0.429. The molecule has 86 valence electrons. The highest BCUT2D eigenvalue weighted by Gasteiger charge is 2.03. The average Bonchev–Trinajstić information content (AvgIpc) is 2.34. The van der Waals surface area contributed by atoms with E-state index < -0.39 is 0 Å². The molecule has 0 radical (unpaired) electrons. The molecule has 1 nitrogen and oxygen atoms in total. The van der Waals surface area contributed by atoms with Crippen LogP contribution in [0, 0.1) is 11.8 Å². The van der Waals surface area contributed by atoms with Crippen molar-refractivity contribution in [3.8, 4) is 11.8 Å². The summed E-state index contributed by atoms with van der Waals surface area (Å²) in [6.45, 7) is 4.91. The van der Waals surface area contributed by atoms with E-state index in [0.717, 1.165) is 11.3 Å². The first-order valence-electron chi connectivity index (χ1n) is 5.66. The quantitative estimate of drug-likeness (QED) is 0.809. The number of thioether (sulfide) groups is 1. The zero-order chi connectivity index (χ0) is 11.8. The number of hydrogen-bond donors (Lipinski definition) is 1. The van der Waals surface area contributed by atoms with Crippen LogP contribution >= 0.6 is 11.8 Å². The van der Waals surface area contributed by atoms with E-state index in [1.807, 2.05) is 17.8 Å². The van der Waals surface area contributed by atoms with Gasteiger partial charge in [0, 0.05) is 16.6 Å². The first-order valence-corrected chi connectivity index (χ1v) is 6.71. The first kappa shape index (κ1) is 13.2. The summed E-state index contributed by atoms with van der Waals surface area (Å²) in [5.41, 5.74) is 7.82. The van der Waals surface area contributed by atoms with Gasteiger partial charge >= 0.3 is 0 Å². The van der Waals surface area contributed by atoms with E-state index in [9.17, 15) is 0 Å². The molecular weight excluding hydrogens is 214 g/mol. The topological polar surface area (TPSA) is 26.0 Å². The Bertz CT molecular complexity index is 376. The summed E-state index contributed by atoms with van der Waals surface area (Å²) in [7, 11) is 0. The molecule has 2 N–H and O–H groups in total. The molecule has 1 unspecified atom stereocenters. The lowest BCUT2D eigenvalue weighted by atomic mass is 10.1. The molecule has 0 aliphatic rings. The second kappa shape index (κ2) is 7.38. The van der Waals surface area contributed by atoms with Gasteiger partial charge in [-0.3, -0.25) is 0 Å². The maximum absolute atomic E-state index is 5.39. The summed E-state index contributed by atoms with van der Waals surface area (Å²) < 4.78 is 0. The van der Waals surface area contributed by atoms with Gasteiger partial charge in [-0.1, -0.05) is 43.9 Å². The molecule has 1 atom stereocenters. The van der Waals surface area contributed by atoms with Crippen LogP contribution in [0.25, 0.3) is 0 Å². The number of benzene rings is 1. The minimum atomic E-state index is 0.423. The Hall–Kier alpha value is -0.910. The van der Waals surface area contributed by atoms with Gasteiger partial charge in [0.2, 0.25) is 0 Å². The Morgan fingerprint density at radius 2 is 2.12 bits per heavy atom. The molecule has 0 fully saturated rings. The molecule has 0 aliphatic heterocycles. The molecule has 0 spiro atoms. The summed E-state index contributed by atoms with van der Waals surface area (Å²) in [4.78, 5) is 0. The maximum Gasteiger partial charge on any atom is 0.0555 e. The van der Waals surface area contributed by atoms with E-state index in [2.05, 4.69) is 43.9 Å². The second-order valence-electron chi connectivity index (χ2n) is 3.69. The second-order valence-corrected chi connectivity index (χ2v) is 5.12. The Labute approximate surface area is 103 Å². The summed E-state index contributed by atoms with van der Waals surface area (Å²) >= 11 is 1.98. The number of hydrogen-bond acceptors (Lipinski definition) is 2. The van der Waals surface area contributed by atoms with Gasteiger partial charge in [-0.2, -0.15) is 11.8 Å². The molecule has 0 amide bonds. The minimum absolute atomic E-state index is 0.423. The van der Waals surface area contributed by atoms with Crippen LogP contribution in [0.1, 0.15) is 31.4 Å². The first-order chi connectivity index (χ1) is 7.77. The molecule has 16 heavy (non-hydrogen) atoms. The van der Waals surface area contributed by atoms with Crippen LogP contribution in [0.5, 0.6) is 0 Å². The van der Waals surface area contributed by atoms with Crippen LogP contribution in [-0.2, 0) is 5.75 Å². The van der Waals surface area contributed by atoms with Crippen molar-refractivity contribution in [3.05, 3.63) is 35.4 Å². The van der Waals surface area contributed by atoms with Crippen molar-refractivity contribution in [2.75, 3.05) is 6.54 Å². The fourth-order valence-corrected chi connectivity index (χ4v) is 2.22. The van der Waals surface area contributed by atoms with Crippen LogP contribution in [0.2, 0.25) is 0 Å². The lowest BCUT2D eigenvalue weighted by Crippen LogP contribution is -1.96. The van der Waals surface area contributed by atoms with Gasteiger partial charge in [0.1, 0.15) is 0 Å². The van der Waals surface area contributed by atoms with Crippen LogP contribution in [0.15, 0.2) is 24.3 Å². The molecule has 1 aromatic rings. The largest absolute Gasteiger partial charge is 0.320 e. The highest BCUT2D eigenvalue weighted by molar-refractivity contribution is 7.99. The van der Waals surface area contributed by atoms with Gasteiger partial charge in [0.05, 0.1) is 6.54 Å². The standard InChI is InChI=1S/C14H19NS/c1-3-12(2)16-11-14-8-5-4-7-13(14)9-6-10-15/h4-5,7-8,12H,3,10-11,15H2,1-2H3. The van der Waals surface area contributed by atoms with Gasteiger partial charge < -0.3 is 5.73 Å². The highest BCUT2D eigenvalue weighted by Crippen LogP contribution is 2.21. The third kappa shape index (κ3) is 4.30. The molecule has 1 rings (SSSR count). The van der Waals surface area contributed by atoms with Gasteiger partial charge in [0.25, 0.3) is 0 Å². The van der Waals surface area contributed by atoms with E-state index in [1.54, 1.807) is 0 Å². The summed E-state index contributed by atoms with van der Waals surface area (Å²) in [6, 6.07) is 8.31. The Morgan fingerprint density at radius 3 is 2.81 bits per heavy atom. The van der Waals surface area contributed by atoms with Crippen molar-refractivity contribution >= 4 is 11.8 Å². The third-order valence-electron chi connectivity index (χ3n) is 2.44. The highest BCUT2D eigenvalue weighted by atomic mass is 32.2. The van der Waals surface area contributed by atoms with Crippen molar-refractivity contribution in [1.29, 1.82) is 0 Å². The van der Waals surface area contributed by atoms with Crippen molar-refractivity contribution in [2.45, 2.75) is 31.3 Å². The number of nitrogens with two attached hydrogens (primary N) is 1. The minimum Gasteiger partial charge on any atom is -0.320 e. The molecule has 0 heterocycles. The summed E-state index contributed by atoms with van der Waals surface area (Å²) in [6.07, 6.45) is 1.21. The average molecular weight is 233 g/mol. The fourth-order valence-electron chi connectivity index (χ4n) is 1.26. The number of rotatable bonds is 4. The van der Waals surface area contributed by atoms with E-state index >= 15 is 0 Å². The van der Waals surface area contributed by atoms with Crippen molar-refractivity contribution in [1.82, 2.24) is 0 Å². The lowest BCUT2D eigenvalue weighted by Gasteiger charge is -2.09. The monoisotopic (exact) mass is 233 g/mol. The summed E-state index contributed by atoms with van der Waals surface area (Å²) in [5, 5.41) is 0.704. The predicted molar refractivity (Wildman–Crippen MR) is 73.4 cm³/mol. The SMILES string of the molecule is CCC(C)SCc1ccccc1C#CCN. The predicted octanol–water partition coefficient (Wildman–Crippen LogP) is 3.03. The van der Waals surface area contributed by atoms with Gasteiger partial charge in [-0.05, 0) is 18.1 Å². The lowest BCUT2D eigenvalue weighted by molar-refractivity contribution is 0.905. The van der Waals surface area contributed by atoms with Crippen molar-refractivity contribution in [2.24, 2.45) is 5.73 Å². The van der Waals surface area contributed by atoms with Crippen LogP contribution in [0.4, 0.5) is 0 Å². The van der Waals surface area contributed by atoms with E-state index in [0.29, 0.717) is 11.8 Å². The third-order valence-corrected chi connectivity index (χ3v) is 3.82. The Balaban J connectivity index is 2.71. The maximum atomic E-state index is 5.39. The molecule has 0 saturated heterocycles. The van der Waals surface area contributed by atoms with Crippen molar-refractivity contribution in [3.63, 3.8) is 0 Å². The van der Waals surface area contributed by atoms with E-state index in [1.165, 1.54) is 12.0 Å². The zero-order valence-corrected chi connectivity index (χ0v) is 10.8. The van der Waals surface area contributed by atoms with Crippen LogP contribution < -0.4 is 5.73 Å². The van der Waals surface area contributed by atoms with Gasteiger partial charge in [0.15, 0.2) is 0 Å². The zero-order valence-electron chi connectivity index (χ0n) is 9.99. The molecule has 0 bridgehead atoms. The Morgan fingerprint density at radius 1 is 1.38 bits per heavy atom. The molecule has 0 aromatic heterocycles. The molecular formula is C14H19NS. The van der Waals surface area contributed by atoms with Crippen molar-refractivity contribution < 1.29 is 0 Å².